The van der Waals surface area contributed by atoms with Crippen LogP contribution in [0, 0.1) is 11.6 Å². The van der Waals surface area contributed by atoms with Crippen LogP contribution in [-0.2, 0) is 0 Å². The number of nitrogens with two attached hydrogens (primary N) is 1. The molecule has 1 aromatic heterocycles. The Labute approximate surface area is 75.5 Å². The third-order valence-corrected chi connectivity index (χ3v) is 1.48. The number of hydrogen-bond donors (Lipinski definition) is 1. The highest BCUT2D eigenvalue weighted by atomic mass is 19.4. The first kappa shape index (κ1) is 10.8. The number of aromatic nitrogens is 1. The maximum atomic E-state index is 12.7. The molecule has 0 aliphatic heterocycles. The number of nitrogens with zero attached hydrogens (tertiary/aromatic N) is 1. The third-order valence-electron chi connectivity index (χ3n) is 1.48. The molecule has 2 nitrogen and oxygen atoms in total. The van der Waals surface area contributed by atoms with Crippen LogP contribution in [0.5, 0.6) is 0 Å². The lowest BCUT2D eigenvalue weighted by Crippen LogP contribution is -2.30. The maximum Gasteiger partial charge on any atom is 0.409 e. The van der Waals surface area contributed by atoms with Crippen LogP contribution in [0.4, 0.5) is 22.0 Å². The second-order valence-electron chi connectivity index (χ2n) is 2.54. The summed E-state index contributed by atoms with van der Waals surface area (Å²) in [5, 5.41) is 0. The summed E-state index contributed by atoms with van der Waals surface area (Å²) in [6.45, 7) is 0. The molecule has 0 saturated carbocycles. The zero-order valence-electron chi connectivity index (χ0n) is 6.65. The Kier molecular flexibility index (Phi) is 2.70. The van der Waals surface area contributed by atoms with Crippen molar-refractivity contribution < 1.29 is 22.0 Å². The minimum atomic E-state index is -4.80. The van der Waals surface area contributed by atoms with Crippen LogP contribution in [-0.4, -0.2) is 11.2 Å². The molecule has 0 bridgehead atoms. The van der Waals surface area contributed by atoms with Crippen LogP contribution in [0.2, 0.25) is 0 Å². The molecule has 0 amide bonds. The second-order valence-corrected chi connectivity index (χ2v) is 2.54. The zero-order valence-corrected chi connectivity index (χ0v) is 6.65. The molecule has 0 aliphatic rings. The van der Waals surface area contributed by atoms with Gasteiger partial charge in [-0.15, -0.1) is 0 Å². The molecule has 1 rings (SSSR count). The second kappa shape index (κ2) is 3.49. The van der Waals surface area contributed by atoms with Crippen LogP contribution in [0.25, 0.3) is 0 Å². The van der Waals surface area contributed by atoms with E-state index >= 15 is 0 Å². The van der Waals surface area contributed by atoms with Crippen molar-refractivity contribution in [1.82, 2.24) is 4.98 Å². The molecule has 2 N–H and O–H groups in total. The van der Waals surface area contributed by atoms with Crippen LogP contribution in [0.3, 0.4) is 0 Å². The first-order valence-electron chi connectivity index (χ1n) is 3.45. The number of halogens is 5. The van der Waals surface area contributed by atoms with Crippen molar-refractivity contribution in [3.05, 3.63) is 29.6 Å². The monoisotopic (exact) mass is 212 g/mol. The summed E-state index contributed by atoms with van der Waals surface area (Å²) in [5.74, 6) is -2.46. The van der Waals surface area contributed by atoms with E-state index in [0.29, 0.717) is 12.3 Å². The van der Waals surface area contributed by atoms with E-state index in [-0.39, 0.29) is 0 Å². The van der Waals surface area contributed by atoms with Crippen molar-refractivity contribution in [2.24, 2.45) is 5.73 Å². The molecule has 0 saturated heterocycles. The molecule has 1 atom stereocenters. The average molecular weight is 212 g/mol. The highest BCUT2D eigenvalue weighted by molar-refractivity contribution is 5.13. The van der Waals surface area contributed by atoms with Gasteiger partial charge in [0.15, 0.2) is 0 Å². The fourth-order valence-electron chi connectivity index (χ4n) is 0.809. The molecule has 14 heavy (non-hydrogen) atoms. The van der Waals surface area contributed by atoms with Gasteiger partial charge in [-0.2, -0.15) is 13.2 Å². The molecule has 1 aromatic rings. The van der Waals surface area contributed by atoms with Gasteiger partial charge in [-0.25, -0.2) is 8.78 Å². The Morgan fingerprint density at radius 2 is 1.86 bits per heavy atom. The van der Waals surface area contributed by atoms with E-state index < -0.39 is 29.5 Å². The van der Waals surface area contributed by atoms with Gasteiger partial charge in [0.2, 0.25) is 0 Å². The Morgan fingerprint density at radius 1 is 1.29 bits per heavy atom. The summed E-state index contributed by atoms with van der Waals surface area (Å²) in [7, 11) is 0. The fourth-order valence-corrected chi connectivity index (χ4v) is 0.809. The van der Waals surface area contributed by atoms with Gasteiger partial charge in [-0.3, -0.25) is 4.98 Å². The number of pyridine rings is 1. The predicted octanol–water partition coefficient (Wildman–Crippen LogP) is 1.92. The molecule has 0 spiro atoms. The quantitative estimate of drug-likeness (QED) is 0.722. The molecule has 0 fully saturated rings. The summed E-state index contributed by atoms with van der Waals surface area (Å²) in [6.07, 6.45) is -4.32. The number of rotatable bonds is 1. The van der Waals surface area contributed by atoms with Crippen molar-refractivity contribution in [2.45, 2.75) is 12.2 Å². The van der Waals surface area contributed by atoms with Crippen LogP contribution in [0.15, 0.2) is 12.3 Å². The molecule has 0 radical (unpaired) electrons. The fraction of sp³-hybridized carbons (Fsp3) is 0.286. The molecule has 0 aromatic carbocycles. The van der Waals surface area contributed by atoms with E-state index in [1.807, 2.05) is 0 Å². The van der Waals surface area contributed by atoms with E-state index in [1.54, 1.807) is 0 Å². The smallest absolute Gasteiger partial charge is 0.315 e. The van der Waals surface area contributed by atoms with Crippen molar-refractivity contribution in [1.29, 1.82) is 0 Å². The Hall–Kier alpha value is -1.24. The van der Waals surface area contributed by atoms with Gasteiger partial charge in [-0.1, -0.05) is 0 Å². The molecule has 7 heteroatoms. The first-order valence-corrected chi connectivity index (χ1v) is 3.45. The molecule has 1 heterocycles. The minimum absolute atomic E-state index is 0.300. The lowest BCUT2D eigenvalue weighted by atomic mass is 10.2. The summed E-state index contributed by atoms with van der Waals surface area (Å²) >= 11 is 0. The topological polar surface area (TPSA) is 38.9 Å². The van der Waals surface area contributed by atoms with Gasteiger partial charge < -0.3 is 5.73 Å². The Bertz CT molecular complexity index is 335. The molecular formula is C7H5F5N2. The lowest BCUT2D eigenvalue weighted by Gasteiger charge is -2.15. The maximum absolute atomic E-state index is 12.7. The highest BCUT2D eigenvalue weighted by Crippen LogP contribution is 2.30. The normalized spacial score (nSPS) is 14.1. The van der Waals surface area contributed by atoms with E-state index in [1.165, 1.54) is 0 Å². The van der Waals surface area contributed by atoms with E-state index in [0.717, 1.165) is 0 Å². The minimum Gasteiger partial charge on any atom is -0.315 e. The van der Waals surface area contributed by atoms with Gasteiger partial charge in [0.05, 0.1) is 6.20 Å². The van der Waals surface area contributed by atoms with Gasteiger partial charge in [0.25, 0.3) is 0 Å². The summed E-state index contributed by atoms with van der Waals surface area (Å²) in [4.78, 5) is 2.95. The van der Waals surface area contributed by atoms with Crippen LogP contribution in [0.1, 0.15) is 11.7 Å². The molecule has 0 unspecified atom stereocenters. The first-order chi connectivity index (χ1) is 6.32. The summed E-state index contributed by atoms with van der Waals surface area (Å²) in [5.41, 5.74) is 3.66. The van der Waals surface area contributed by atoms with Crippen LogP contribution < -0.4 is 5.73 Å². The van der Waals surface area contributed by atoms with Crippen LogP contribution >= 0.6 is 0 Å². The Balaban J connectivity index is 3.08. The van der Waals surface area contributed by atoms with Crippen molar-refractivity contribution in [3.63, 3.8) is 0 Å². The van der Waals surface area contributed by atoms with E-state index in [2.05, 4.69) is 10.7 Å². The van der Waals surface area contributed by atoms with E-state index in [9.17, 15) is 22.0 Å². The molecule has 0 aliphatic carbocycles. The lowest BCUT2D eigenvalue weighted by molar-refractivity contribution is -0.150. The average Bonchev–Trinajstić information content (AvgIpc) is 2.01. The van der Waals surface area contributed by atoms with Gasteiger partial charge in [-0.05, 0) is 0 Å². The van der Waals surface area contributed by atoms with E-state index in [4.69, 9.17) is 0 Å². The SMILES string of the molecule is N[C@@H](c1ncc(F)cc1F)C(F)(F)F. The number of hydrogen-bond acceptors (Lipinski definition) is 2. The molecular weight excluding hydrogens is 207 g/mol. The van der Waals surface area contributed by atoms with Gasteiger partial charge >= 0.3 is 6.18 Å². The largest absolute Gasteiger partial charge is 0.409 e. The third kappa shape index (κ3) is 2.16. The van der Waals surface area contributed by atoms with Gasteiger partial charge in [0.1, 0.15) is 23.4 Å². The van der Waals surface area contributed by atoms with Crippen molar-refractivity contribution in [2.75, 3.05) is 0 Å². The standard InChI is InChI=1S/C7H5F5N2/c8-3-1-4(9)5(14-2-3)6(13)7(10,11)12/h1-2,6H,13H2/t6-/m0/s1. The van der Waals surface area contributed by atoms with Gasteiger partial charge in [0, 0.05) is 6.07 Å². The summed E-state index contributed by atoms with van der Waals surface area (Å²) in [6, 6.07) is -2.24. The highest BCUT2D eigenvalue weighted by Gasteiger charge is 2.40. The summed E-state index contributed by atoms with van der Waals surface area (Å²) < 4.78 is 61.0. The number of alkyl halides is 3. The van der Waals surface area contributed by atoms with Crippen molar-refractivity contribution in [3.8, 4) is 0 Å². The zero-order chi connectivity index (χ0) is 10.9. The van der Waals surface area contributed by atoms with Crippen molar-refractivity contribution >= 4 is 0 Å². The predicted molar refractivity (Wildman–Crippen MR) is 37.1 cm³/mol. The Morgan fingerprint density at radius 3 is 2.29 bits per heavy atom. The molecule has 78 valence electrons.